The van der Waals surface area contributed by atoms with E-state index in [2.05, 4.69) is 27.7 Å². The summed E-state index contributed by atoms with van der Waals surface area (Å²) in [4.78, 5) is 11.6. The Kier molecular flexibility index (Phi) is 6.60. The lowest BCUT2D eigenvalue weighted by molar-refractivity contribution is -0.150. The van der Waals surface area contributed by atoms with E-state index in [4.69, 9.17) is 4.74 Å². The lowest BCUT2D eigenvalue weighted by atomic mass is 9.86. The van der Waals surface area contributed by atoms with Crippen molar-refractivity contribution in [3.05, 3.63) is 0 Å². The van der Waals surface area contributed by atoms with Crippen molar-refractivity contribution in [1.82, 2.24) is 0 Å². The maximum Gasteiger partial charge on any atom is 0.309 e. The van der Waals surface area contributed by atoms with Gasteiger partial charge in [-0.3, -0.25) is 4.79 Å². The van der Waals surface area contributed by atoms with Crippen molar-refractivity contribution < 1.29 is 9.53 Å². The van der Waals surface area contributed by atoms with Crippen LogP contribution in [0.3, 0.4) is 0 Å². The molecule has 0 spiro atoms. The van der Waals surface area contributed by atoms with Crippen LogP contribution in [0.1, 0.15) is 47.5 Å². The minimum absolute atomic E-state index is 0.0252. The first-order valence-corrected chi connectivity index (χ1v) is 5.69. The van der Waals surface area contributed by atoms with Gasteiger partial charge in [0.25, 0.3) is 0 Å². The molecule has 0 bridgehead atoms. The molecule has 0 saturated heterocycles. The Hall–Kier alpha value is -0.530. The molecule has 0 heterocycles. The second-order valence-corrected chi connectivity index (χ2v) is 4.35. The van der Waals surface area contributed by atoms with E-state index in [1.807, 2.05) is 6.92 Å². The van der Waals surface area contributed by atoms with Crippen LogP contribution in [0, 0.1) is 17.8 Å². The summed E-state index contributed by atoms with van der Waals surface area (Å²) in [6.45, 7) is 10.9. The zero-order valence-corrected chi connectivity index (χ0v) is 10.2. The molecule has 84 valence electrons. The second kappa shape index (κ2) is 6.86. The van der Waals surface area contributed by atoms with Gasteiger partial charge in [0.05, 0.1) is 12.5 Å². The van der Waals surface area contributed by atoms with Crippen molar-refractivity contribution in [1.29, 1.82) is 0 Å². The molecular formula is C12H24O2. The summed E-state index contributed by atoms with van der Waals surface area (Å²) in [5, 5.41) is 0. The van der Waals surface area contributed by atoms with Crippen molar-refractivity contribution in [2.45, 2.75) is 47.5 Å². The molecule has 2 nitrogen and oxygen atoms in total. The number of rotatable bonds is 6. The number of hydrogen-bond donors (Lipinski definition) is 0. The zero-order valence-electron chi connectivity index (χ0n) is 10.2. The minimum Gasteiger partial charge on any atom is -0.466 e. The zero-order chi connectivity index (χ0) is 11.1. The number of carbonyl (C=O) groups excluding carboxylic acids is 1. The van der Waals surface area contributed by atoms with Gasteiger partial charge in [0.1, 0.15) is 0 Å². The summed E-state index contributed by atoms with van der Waals surface area (Å²) in [5.41, 5.74) is 0. The highest BCUT2D eigenvalue weighted by Gasteiger charge is 2.24. The van der Waals surface area contributed by atoms with Gasteiger partial charge in [-0.1, -0.05) is 34.1 Å². The summed E-state index contributed by atoms with van der Waals surface area (Å²) in [7, 11) is 0. The molecule has 0 aromatic carbocycles. The summed E-state index contributed by atoms with van der Waals surface area (Å²) in [6.07, 6.45) is 2.08. The van der Waals surface area contributed by atoms with Crippen LogP contribution in [-0.4, -0.2) is 12.6 Å². The molecule has 0 aliphatic heterocycles. The second-order valence-electron chi connectivity index (χ2n) is 4.35. The predicted octanol–water partition coefficient (Wildman–Crippen LogP) is 3.26. The highest BCUT2D eigenvalue weighted by molar-refractivity contribution is 5.72. The first-order valence-electron chi connectivity index (χ1n) is 5.69. The Morgan fingerprint density at radius 1 is 1.21 bits per heavy atom. The summed E-state index contributed by atoms with van der Waals surface area (Å²) in [6, 6.07) is 0. The molecule has 14 heavy (non-hydrogen) atoms. The molecule has 0 amide bonds. The van der Waals surface area contributed by atoms with Crippen molar-refractivity contribution in [3.8, 4) is 0 Å². The number of esters is 1. The summed E-state index contributed by atoms with van der Waals surface area (Å²) >= 11 is 0. The fourth-order valence-electron chi connectivity index (χ4n) is 1.49. The third-order valence-electron chi connectivity index (χ3n) is 2.75. The fraction of sp³-hybridized carbons (Fsp3) is 0.917. The van der Waals surface area contributed by atoms with Crippen LogP contribution in [0.15, 0.2) is 0 Å². The first kappa shape index (κ1) is 13.5. The Morgan fingerprint density at radius 2 is 1.79 bits per heavy atom. The van der Waals surface area contributed by atoms with Gasteiger partial charge in [-0.25, -0.2) is 0 Å². The average molecular weight is 200 g/mol. The molecule has 0 radical (unpaired) electrons. The smallest absolute Gasteiger partial charge is 0.309 e. The Bertz CT molecular complexity index is 164. The molecule has 0 aromatic rings. The van der Waals surface area contributed by atoms with Crippen LogP contribution in [0.4, 0.5) is 0 Å². The summed E-state index contributed by atoms with van der Waals surface area (Å²) in [5.74, 6) is 1.03. The molecule has 2 heteroatoms. The Balaban J connectivity index is 4.21. The molecule has 0 saturated carbocycles. The van der Waals surface area contributed by atoms with Crippen LogP contribution in [0.25, 0.3) is 0 Å². The van der Waals surface area contributed by atoms with Gasteiger partial charge in [-0.05, 0) is 25.2 Å². The third kappa shape index (κ3) is 4.64. The molecule has 0 N–H and O–H groups in total. The molecule has 2 unspecified atom stereocenters. The number of carbonyl (C=O) groups is 1. The molecule has 0 aliphatic rings. The van der Waals surface area contributed by atoms with Crippen molar-refractivity contribution in [2.75, 3.05) is 6.61 Å². The standard InChI is InChI=1S/C12H24O2/c1-6-10(5)8-11(9(3)4)12(13)14-7-2/h9-11H,6-8H2,1-5H3. The molecule has 0 rings (SSSR count). The van der Waals surface area contributed by atoms with Crippen LogP contribution in [0.5, 0.6) is 0 Å². The van der Waals surface area contributed by atoms with Gasteiger partial charge in [-0.15, -0.1) is 0 Å². The summed E-state index contributed by atoms with van der Waals surface area (Å²) < 4.78 is 5.07. The quantitative estimate of drug-likeness (QED) is 0.615. The van der Waals surface area contributed by atoms with Crippen molar-refractivity contribution in [3.63, 3.8) is 0 Å². The van der Waals surface area contributed by atoms with Crippen LogP contribution >= 0.6 is 0 Å². The van der Waals surface area contributed by atoms with Crippen molar-refractivity contribution >= 4 is 5.97 Å². The monoisotopic (exact) mass is 200 g/mol. The van der Waals surface area contributed by atoms with E-state index in [9.17, 15) is 4.79 Å². The van der Waals surface area contributed by atoms with E-state index in [-0.39, 0.29) is 11.9 Å². The largest absolute Gasteiger partial charge is 0.466 e. The highest BCUT2D eigenvalue weighted by Crippen LogP contribution is 2.23. The maximum absolute atomic E-state index is 11.6. The van der Waals surface area contributed by atoms with Gasteiger partial charge in [0.2, 0.25) is 0 Å². The van der Waals surface area contributed by atoms with E-state index in [0.29, 0.717) is 18.4 Å². The number of ether oxygens (including phenoxy) is 1. The maximum atomic E-state index is 11.6. The fourth-order valence-corrected chi connectivity index (χ4v) is 1.49. The van der Waals surface area contributed by atoms with Gasteiger partial charge in [0, 0.05) is 0 Å². The van der Waals surface area contributed by atoms with E-state index in [1.54, 1.807) is 0 Å². The molecular weight excluding hydrogens is 176 g/mol. The average Bonchev–Trinajstić information content (AvgIpc) is 2.13. The number of hydrogen-bond acceptors (Lipinski definition) is 2. The molecule has 0 aliphatic carbocycles. The van der Waals surface area contributed by atoms with Crippen LogP contribution in [0.2, 0.25) is 0 Å². The lowest BCUT2D eigenvalue weighted by Gasteiger charge is -2.21. The molecule has 2 atom stereocenters. The third-order valence-corrected chi connectivity index (χ3v) is 2.75. The molecule has 0 fully saturated rings. The van der Waals surface area contributed by atoms with E-state index >= 15 is 0 Å². The minimum atomic E-state index is -0.0252. The Morgan fingerprint density at radius 3 is 2.14 bits per heavy atom. The van der Waals surface area contributed by atoms with E-state index in [0.717, 1.165) is 12.8 Å². The van der Waals surface area contributed by atoms with Crippen molar-refractivity contribution in [2.24, 2.45) is 17.8 Å². The SMILES string of the molecule is CCOC(=O)C(CC(C)CC)C(C)C. The first-order chi connectivity index (χ1) is 6.52. The normalized spacial score (nSPS) is 15.3. The van der Waals surface area contributed by atoms with Crippen LogP contribution in [-0.2, 0) is 9.53 Å². The predicted molar refractivity (Wildman–Crippen MR) is 59.0 cm³/mol. The van der Waals surface area contributed by atoms with Gasteiger partial charge in [0.15, 0.2) is 0 Å². The van der Waals surface area contributed by atoms with Gasteiger partial charge < -0.3 is 4.74 Å². The molecule has 0 aromatic heterocycles. The van der Waals surface area contributed by atoms with Crippen LogP contribution < -0.4 is 0 Å². The van der Waals surface area contributed by atoms with Gasteiger partial charge in [-0.2, -0.15) is 0 Å². The Labute approximate surface area is 88.0 Å². The van der Waals surface area contributed by atoms with Gasteiger partial charge >= 0.3 is 5.97 Å². The lowest BCUT2D eigenvalue weighted by Crippen LogP contribution is -2.24. The topological polar surface area (TPSA) is 26.3 Å². The highest BCUT2D eigenvalue weighted by atomic mass is 16.5. The van der Waals surface area contributed by atoms with E-state index < -0.39 is 0 Å². The van der Waals surface area contributed by atoms with E-state index in [1.165, 1.54) is 0 Å².